The van der Waals surface area contributed by atoms with Gasteiger partial charge in [-0.1, -0.05) is 13.3 Å². The average Bonchev–Trinajstić information content (AvgIpc) is 2.33. The molecule has 0 fully saturated rings. The Hall–Kier alpha value is -0.690. The minimum Gasteiger partial charge on any atom is -0.332 e. The molecule has 0 bridgehead atoms. The molecule has 0 aliphatic heterocycles. The molecule has 0 aliphatic carbocycles. The monoisotopic (exact) mass is 390 g/mol. The van der Waals surface area contributed by atoms with Crippen molar-refractivity contribution in [3.8, 4) is 0 Å². The number of nitrogens with one attached hydrogen (secondary N) is 2. The highest BCUT2D eigenvalue weighted by atomic mass is 127. The molecule has 0 aromatic heterocycles. The largest absolute Gasteiger partial charge is 0.332 e. The molecule has 0 saturated carbocycles. The van der Waals surface area contributed by atoms with Gasteiger partial charge in [0.1, 0.15) is 0 Å². The molecule has 0 saturated heterocycles. The SMILES string of the molecule is CCCCC(=O)NC(=S)Nc1cc(C)c(I)c(C)c1. The van der Waals surface area contributed by atoms with Crippen molar-refractivity contribution in [3.05, 3.63) is 26.8 Å². The standard InChI is InChI=1S/C14H19IN2OS/c1-4-5-6-12(18)17-14(19)16-11-7-9(2)13(15)10(3)8-11/h7-8H,4-6H2,1-3H3,(H2,16,17,18,19). The molecule has 2 N–H and O–H groups in total. The van der Waals surface area contributed by atoms with Crippen LogP contribution in [0, 0.1) is 17.4 Å². The van der Waals surface area contributed by atoms with Crippen LogP contribution in [0.2, 0.25) is 0 Å². The number of rotatable bonds is 4. The summed E-state index contributed by atoms with van der Waals surface area (Å²) in [7, 11) is 0. The summed E-state index contributed by atoms with van der Waals surface area (Å²) in [6.07, 6.45) is 2.41. The van der Waals surface area contributed by atoms with E-state index in [9.17, 15) is 4.79 Å². The number of thiocarbonyl (C=S) groups is 1. The lowest BCUT2D eigenvalue weighted by Gasteiger charge is -2.12. The van der Waals surface area contributed by atoms with Crippen LogP contribution in [0.1, 0.15) is 37.3 Å². The smallest absolute Gasteiger partial charge is 0.226 e. The fourth-order valence-electron chi connectivity index (χ4n) is 1.71. The van der Waals surface area contributed by atoms with Crippen LogP contribution >= 0.6 is 34.8 Å². The van der Waals surface area contributed by atoms with Gasteiger partial charge in [0.2, 0.25) is 5.91 Å². The number of benzene rings is 1. The van der Waals surface area contributed by atoms with Gasteiger partial charge in [-0.3, -0.25) is 4.79 Å². The molecule has 1 aromatic carbocycles. The van der Waals surface area contributed by atoms with Crippen LogP contribution in [0.15, 0.2) is 12.1 Å². The second-order valence-electron chi connectivity index (χ2n) is 4.53. The predicted octanol–water partition coefficient (Wildman–Crippen LogP) is 3.91. The Kier molecular flexibility index (Phi) is 6.71. The lowest BCUT2D eigenvalue weighted by atomic mass is 10.1. The van der Waals surface area contributed by atoms with Gasteiger partial charge >= 0.3 is 0 Å². The number of anilines is 1. The van der Waals surface area contributed by atoms with Crippen molar-refractivity contribution < 1.29 is 4.79 Å². The Morgan fingerprint density at radius 2 is 1.89 bits per heavy atom. The van der Waals surface area contributed by atoms with Crippen molar-refractivity contribution in [3.63, 3.8) is 0 Å². The minimum atomic E-state index is -0.0293. The fraction of sp³-hybridized carbons (Fsp3) is 0.429. The van der Waals surface area contributed by atoms with Crippen LogP contribution in [-0.4, -0.2) is 11.0 Å². The maximum atomic E-state index is 11.6. The normalized spacial score (nSPS) is 10.1. The Morgan fingerprint density at radius 1 is 1.32 bits per heavy atom. The molecule has 0 aliphatic rings. The molecule has 5 heteroatoms. The zero-order valence-corrected chi connectivity index (χ0v) is 14.4. The second-order valence-corrected chi connectivity index (χ2v) is 6.02. The van der Waals surface area contributed by atoms with E-state index >= 15 is 0 Å². The minimum absolute atomic E-state index is 0.0293. The van der Waals surface area contributed by atoms with E-state index < -0.39 is 0 Å². The van der Waals surface area contributed by atoms with Crippen LogP contribution in [0.4, 0.5) is 5.69 Å². The lowest BCUT2D eigenvalue weighted by Crippen LogP contribution is -2.33. The van der Waals surface area contributed by atoms with E-state index in [1.807, 2.05) is 12.1 Å². The highest BCUT2D eigenvalue weighted by Crippen LogP contribution is 2.21. The second kappa shape index (κ2) is 7.79. The summed E-state index contributed by atoms with van der Waals surface area (Å²) in [5, 5.41) is 6.11. The quantitative estimate of drug-likeness (QED) is 0.605. The molecule has 19 heavy (non-hydrogen) atoms. The first kappa shape index (κ1) is 16.4. The maximum Gasteiger partial charge on any atom is 0.226 e. The van der Waals surface area contributed by atoms with Gasteiger partial charge in [-0.25, -0.2) is 0 Å². The van der Waals surface area contributed by atoms with Crippen LogP contribution in [0.5, 0.6) is 0 Å². The Balaban J connectivity index is 2.60. The number of halogens is 1. The number of aryl methyl sites for hydroxylation is 2. The third-order valence-electron chi connectivity index (χ3n) is 2.70. The molecule has 0 spiro atoms. The van der Waals surface area contributed by atoms with Gasteiger partial charge in [-0.2, -0.15) is 0 Å². The summed E-state index contributed by atoms with van der Waals surface area (Å²) in [5.41, 5.74) is 3.31. The van der Waals surface area contributed by atoms with Gasteiger partial charge in [-0.05, 0) is 78.3 Å². The third-order valence-corrected chi connectivity index (χ3v) is 4.61. The van der Waals surface area contributed by atoms with Gasteiger partial charge in [0.05, 0.1) is 0 Å². The summed E-state index contributed by atoms with van der Waals surface area (Å²) >= 11 is 7.46. The van der Waals surface area contributed by atoms with Gasteiger partial charge < -0.3 is 10.6 Å². The van der Waals surface area contributed by atoms with Gasteiger partial charge in [-0.15, -0.1) is 0 Å². The number of hydrogen-bond acceptors (Lipinski definition) is 2. The number of unbranched alkanes of at least 4 members (excludes halogenated alkanes) is 1. The molecular weight excluding hydrogens is 371 g/mol. The van der Waals surface area contributed by atoms with Crippen LogP contribution in [0.25, 0.3) is 0 Å². The molecule has 0 atom stereocenters. The van der Waals surface area contributed by atoms with Crippen molar-refractivity contribution in [1.82, 2.24) is 5.32 Å². The zero-order chi connectivity index (χ0) is 14.4. The van der Waals surface area contributed by atoms with Crippen molar-refractivity contribution in [1.29, 1.82) is 0 Å². The van der Waals surface area contributed by atoms with E-state index in [4.69, 9.17) is 12.2 Å². The summed E-state index contributed by atoms with van der Waals surface area (Å²) in [6.45, 7) is 6.17. The third kappa shape index (κ3) is 5.44. The Labute approximate surface area is 133 Å². The first-order chi connectivity index (χ1) is 8.93. The summed E-state index contributed by atoms with van der Waals surface area (Å²) < 4.78 is 1.25. The van der Waals surface area contributed by atoms with Crippen LogP contribution in [-0.2, 0) is 4.79 Å². The zero-order valence-electron chi connectivity index (χ0n) is 11.5. The van der Waals surface area contributed by atoms with Gasteiger partial charge in [0, 0.05) is 15.7 Å². The van der Waals surface area contributed by atoms with Crippen molar-refractivity contribution in [2.75, 3.05) is 5.32 Å². The Bertz CT molecular complexity index is 465. The number of carbonyl (C=O) groups is 1. The van der Waals surface area contributed by atoms with E-state index in [-0.39, 0.29) is 5.91 Å². The fourth-order valence-corrected chi connectivity index (χ4v) is 2.25. The lowest BCUT2D eigenvalue weighted by molar-refractivity contribution is -0.119. The predicted molar refractivity (Wildman–Crippen MR) is 92.5 cm³/mol. The Morgan fingerprint density at radius 3 is 2.42 bits per heavy atom. The molecular formula is C14H19IN2OS. The molecule has 3 nitrogen and oxygen atoms in total. The van der Waals surface area contributed by atoms with E-state index in [2.05, 4.69) is 54.0 Å². The van der Waals surface area contributed by atoms with Gasteiger partial charge in [0.25, 0.3) is 0 Å². The first-order valence-electron chi connectivity index (χ1n) is 6.31. The topological polar surface area (TPSA) is 41.1 Å². The molecule has 0 unspecified atom stereocenters. The van der Waals surface area contributed by atoms with E-state index in [1.165, 1.54) is 14.7 Å². The van der Waals surface area contributed by atoms with Gasteiger partial charge in [0.15, 0.2) is 5.11 Å². The summed E-state index contributed by atoms with van der Waals surface area (Å²) in [5.74, 6) is -0.0293. The molecule has 1 rings (SSSR count). The summed E-state index contributed by atoms with van der Waals surface area (Å²) in [6, 6.07) is 4.05. The molecule has 104 valence electrons. The van der Waals surface area contributed by atoms with E-state index in [0.29, 0.717) is 11.5 Å². The number of carbonyl (C=O) groups excluding carboxylic acids is 1. The summed E-state index contributed by atoms with van der Waals surface area (Å²) in [4.78, 5) is 11.6. The van der Waals surface area contributed by atoms with Crippen molar-refractivity contribution >= 4 is 51.5 Å². The highest BCUT2D eigenvalue weighted by molar-refractivity contribution is 14.1. The first-order valence-corrected chi connectivity index (χ1v) is 7.80. The van der Waals surface area contributed by atoms with Crippen LogP contribution in [0.3, 0.4) is 0 Å². The van der Waals surface area contributed by atoms with Crippen molar-refractivity contribution in [2.45, 2.75) is 40.0 Å². The molecule has 0 radical (unpaired) electrons. The molecule has 0 heterocycles. The number of amides is 1. The van der Waals surface area contributed by atoms with Crippen molar-refractivity contribution in [2.24, 2.45) is 0 Å². The van der Waals surface area contributed by atoms with E-state index in [0.717, 1.165) is 18.5 Å². The van der Waals surface area contributed by atoms with E-state index in [1.54, 1.807) is 0 Å². The molecule has 1 aromatic rings. The van der Waals surface area contributed by atoms with Crippen LogP contribution < -0.4 is 10.6 Å². The molecule has 1 amide bonds. The highest BCUT2D eigenvalue weighted by Gasteiger charge is 2.06. The maximum absolute atomic E-state index is 11.6. The average molecular weight is 390 g/mol. The number of hydrogen-bond donors (Lipinski definition) is 2.